The summed E-state index contributed by atoms with van der Waals surface area (Å²) in [6.07, 6.45) is 4.23. The molecule has 6 nitrogen and oxygen atoms in total. The second-order valence-corrected chi connectivity index (χ2v) is 11.9. The molecule has 2 heterocycles. The van der Waals surface area contributed by atoms with Crippen LogP contribution in [0.1, 0.15) is 47.7 Å². The number of hydrogen-bond donors (Lipinski definition) is 0. The maximum absolute atomic E-state index is 13.9. The maximum Gasteiger partial charge on any atom is 0.338 e. The molecule has 1 atom stereocenters. The number of rotatable bonds is 9. The molecule has 0 amide bonds. The lowest BCUT2D eigenvalue weighted by Crippen LogP contribution is -2.39. The molecule has 1 aromatic heterocycles. The third-order valence-corrected chi connectivity index (χ3v) is 8.76. The SMILES string of the molecule is C=CCc1cc(/C=c2/sc3n(c2=O)[C@H](c2ccc(C)cc2)C(C(=O)OCC)=C(C)N=3)ccc1OCc1ccc(Cl)c(Cl)c1. The molecule has 0 spiro atoms. The van der Waals surface area contributed by atoms with Gasteiger partial charge in [-0.15, -0.1) is 6.58 Å². The Balaban J connectivity index is 1.54. The van der Waals surface area contributed by atoms with E-state index in [9.17, 15) is 9.59 Å². The Labute approximate surface area is 263 Å². The average Bonchev–Trinajstić information content (AvgIpc) is 3.28. The smallest absolute Gasteiger partial charge is 0.338 e. The van der Waals surface area contributed by atoms with Crippen molar-refractivity contribution in [3.05, 3.63) is 142 Å². The van der Waals surface area contributed by atoms with Gasteiger partial charge in [0.1, 0.15) is 12.4 Å². The number of esters is 1. The monoisotopic (exact) mass is 632 g/mol. The predicted octanol–water partition coefficient (Wildman–Crippen LogP) is 6.72. The first-order chi connectivity index (χ1) is 20.7. The topological polar surface area (TPSA) is 69.9 Å². The van der Waals surface area contributed by atoms with E-state index in [0.717, 1.165) is 27.8 Å². The number of aromatic nitrogens is 1. The van der Waals surface area contributed by atoms with Gasteiger partial charge in [0.15, 0.2) is 4.80 Å². The number of halogens is 2. The van der Waals surface area contributed by atoms with E-state index < -0.39 is 12.0 Å². The van der Waals surface area contributed by atoms with E-state index in [1.807, 2.05) is 61.5 Å². The van der Waals surface area contributed by atoms with Gasteiger partial charge in [0, 0.05) is 0 Å². The first kappa shape index (κ1) is 30.5. The molecule has 1 aliphatic rings. The number of fused-ring (bicyclic) bond motifs is 1. The summed E-state index contributed by atoms with van der Waals surface area (Å²) in [5.74, 6) is 0.229. The van der Waals surface area contributed by atoms with Crippen molar-refractivity contribution < 1.29 is 14.3 Å². The zero-order valence-electron chi connectivity index (χ0n) is 24.0. The van der Waals surface area contributed by atoms with Gasteiger partial charge in [-0.25, -0.2) is 9.79 Å². The maximum atomic E-state index is 13.9. The Morgan fingerprint density at radius 3 is 2.53 bits per heavy atom. The van der Waals surface area contributed by atoms with Crippen molar-refractivity contribution in [1.29, 1.82) is 0 Å². The van der Waals surface area contributed by atoms with Crippen molar-refractivity contribution in [2.45, 2.75) is 39.8 Å². The summed E-state index contributed by atoms with van der Waals surface area (Å²) in [4.78, 5) is 32.2. The van der Waals surface area contributed by atoms with Crippen molar-refractivity contribution in [3.8, 4) is 5.75 Å². The van der Waals surface area contributed by atoms with Gasteiger partial charge >= 0.3 is 5.97 Å². The number of allylic oxidation sites excluding steroid dienone is 2. The van der Waals surface area contributed by atoms with Gasteiger partial charge < -0.3 is 9.47 Å². The predicted molar refractivity (Wildman–Crippen MR) is 173 cm³/mol. The number of nitrogens with zero attached hydrogens (tertiary/aromatic N) is 2. The van der Waals surface area contributed by atoms with Gasteiger partial charge in [-0.2, -0.15) is 0 Å². The zero-order valence-corrected chi connectivity index (χ0v) is 26.4. The minimum Gasteiger partial charge on any atom is -0.489 e. The summed E-state index contributed by atoms with van der Waals surface area (Å²) in [6.45, 7) is 9.96. The Kier molecular flexibility index (Phi) is 9.35. The van der Waals surface area contributed by atoms with Crippen LogP contribution in [0.5, 0.6) is 5.75 Å². The molecule has 9 heteroatoms. The number of benzene rings is 3. The van der Waals surface area contributed by atoms with Crippen LogP contribution >= 0.6 is 34.5 Å². The minimum atomic E-state index is -0.647. The molecule has 0 radical (unpaired) electrons. The average molecular weight is 634 g/mol. The lowest BCUT2D eigenvalue weighted by atomic mass is 9.95. The number of hydrogen-bond acceptors (Lipinski definition) is 6. The van der Waals surface area contributed by atoms with E-state index in [0.29, 0.717) is 49.4 Å². The van der Waals surface area contributed by atoms with Crippen LogP contribution in [0, 0.1) is 6.92 Å². The molecule has 0 saturated carbocycles. The zero-order chi connectivity index (χ0) is 30.7. The van der Waals surface area contributed by atoms with Crippen molar-refractivity contribution in [3.63, 3.8) is 0 Å². The second kappa shape index (κ2) is 13.2. The van der Waals surface area contributed by atoms with Gasteiger partial charge in [0.05, 0.1) is 38.5 Å². The van der Waals surface area contributed by atoms with Crippen LogP contribution in [0.3, 0.4) is 0 Å². The molecular formula is C34H30Cl2N2O4S. The number of carbonyl (C=O) groups excluding carboxylic acids is 1. The van der Waals surface area contributed by atoms with Gasteiger partial charge in [-0.05, 0) is 79.8 Å². The molecule has 0 aliphatic carbocycles. The first-order valence-electron chi connectivity index (χ1n) is 13.8. The summed E-state index contributed by atoms with van der Waals surface area (Å²) in [7, 11) is 0. The van der Waals surface area contributed by atoms with Crippen molar-refractivity contribution >= 4 is 46.6 Å². The highest BCUT2D eigenvalue weighted by molar-refractivity contribution is 7.07. The van der Waals surface area contributed by atoms with E-state index in [4.69, 9.17) is 32.7 Å². The van der Waals surface area contributed by atoms with Crippen molar-refractivity contribution in [2.75, 3.05) is 6.61 Å². The lowest BCUT2D eigenvalue weighted by molar-refractivity contribution is -0.139. The summed E-state index contributed by atoms with van der Waals surface area (Å²) in [6, 6.07) is 18.3. The molecule has 43 heavy (non-hydrogen) atoms. The fraction of sp³-hybridized carbons (Fsp3) is 0.206. The normalized spacial score (nSPS) is 14.7. The summed E-state index contributed by atoms with van der Waals surface area (Å²) >= 11 is 13.5. The first-order valence-corrected chi connectivity index (χ1v) is 15.3. The quantitative estimate of drug-likeness (QED) is 0.152. The molecule has 4 aromatic rings. The van der Waals surface area contributed by atoms with Crippen LogP contribution < -0.4 is 19.6 Å². The summed E-state index contributed by atoms with van der Waals surface area (Å²) in [5.41, 5.74) is 5.21. The molecule has 0 bridgehead atoms. The van der Waals surface area contributed by atoms with Crippen LogP contribution in [0.25, 0.3) is 6.08 Å². The van der Waals surface area contributed by atoms with Gasteiger partial charge in [-0.3, -0.25) is 9.36 Å². The summed E-state index contributed by atoms with van der Waals surface area (Å²) < 4.78 is 13.6. The third-order valence-electron chi connectivity index (χ3n) is 7.04. The van der Waals surface area contributed by atoms with Crippen LogP contribution in [0.2, 0.25) is 10.0 Å². The van der Waals surface area contributed by atoms with Gasteiger partial charge in [0.2, 0.25) is 0 Å². The molecule has 3 aromatic carbocycles. The number of aryl methyl sites for hydroxylation is 1. The largest absolute Gasteiger partial charge is 0.489 e. The second-order valence-electron chi connectivity index (χ2n) is 10.1. The highest BCUT2D eigenvalue weighted by atomic mass is 35.5. The molecule has 0 saturated heterocycles. The van der Waals surface area contributed by atoms with Crippen LogP contribution in [0.4, 0.5) is 0 Å². The number of carbonyl (C=O) groups is 1. The molecular weight excluding hydrogens is 603 g/mol. The summed E-state index contributed by atoms with van der Waals surface area (Å²) in [5, 5.41) is 0.963. The fourth-order valence-corrected chi connectivity index (χ4v) is 6.31. The molecule has 0 fully saturated rings. The van der Waals surface area contributed by atoms with E-state index in [-0.39, 0.29) is 12.2 Å². The van der Waals surface area contributed by atoms with Crippen LogP contribution in [-0.4, -0.2) is 17.1 Å². The van der Waals surface area contributed by atoms with Crippen LogP contribution in [0.15, 0.2) is 94.4 Å². The van der Waals surface area contributed by atoms with E-state index in [2.05, 4.69) is 11.6 Å². The lowest BCUT2D eigenvalue weighted by Gasteiger charge is -2.24. The van der Waals surface area contributed by atoms with Crippen LogP contribution in [-0.2, 0) is 22.6 Å². The minimum absolute atomic E-state index is 0.223. The Morgan fingerprint density at radius 1 is 1.07 bits per heavy atom. The molecule has 1 aliphatic heterocycles. The Hall–Kier alpha value is -3.91. The molecule has 5 rings (SSSR count). The van der Waals surface area contributed by atoms with Gasteiger partial charge in [0.25, 0.3) is 5.56 Å². The van der Waals surface area contributed by atoms with Gasteiger partial charge in [-0.1, -0.05) is 82.6 Å². The standard InChI is InChI=1S/C34H30Cl2N2O4S/c1-5-7-25-16-22(11-15-28(25)42-19-23-10-14-26(35)27(36)17-23)18-29-32(39)38-31(24-12-8-20(3)9-13-24)30(33(40)41-6-2)21(4)37-34(38)43-29/h5,8-18,31H,1,6-7,19H2,2-4H3/b29-18+/t31-/m1/s1. The highest BCUT2D eigenvalue weighted by Crippen LogP contribution is 2.31. The van der Waals surface area contributed by atoms with E-state index in [1.54, 1.807) is 36.6 Å². The Bertz CT molecular complexity index is 1920. The number of thiazole rings is 1. The van der Waals surface area contributed by atoms with Crippen molar-refractivity contribution in [2.24, 2.45) is 4.99 Å². The highest BCUT2D eigenvalue weighted by Gasteiger charge is 2.33. The van der Waals surface area contributed by atoms with Crippen molar-refractivity contribution in [1.82, 2.24) is 4.57 Å². The Morgan fingerprint density at radius 2 is 1.84 bits per heavy atom. The fourth-order valence-electron chi connectivity index (χ4n) is 4.94. The third kappa shape index (κ3) is 6.54. The molecule has 0 unspecified atom stereocenters. The van der Waals surface area contributed by atoms with E-state index >= 15 is 0 Å². The molecule has 220 valence electrons. The van der Waals surface area contributed by atoms with E-state index in [1.165, 1.54) is 11.3 Å². The molecule has 0 N–H and O–H groups in total. The number of ether oxygens (including phenoxy) is 2.